The van der Waals surface area contributed by atoms with Crippen molar-refractivity contribution in [3.8, 4) is 0 Å². The summed E-state index contributed by atoms with van der Waals surface area (Å²) in [5.41, 5.74) is 5.28. The zero-order valence-electron chi connectivity index (χ0n) is 9.14. The molecule has 1 unspecified atom stereocenters. The summed E-state index contributed by atoms with van der Waals surface area (Å²) in [5, 5.41) is 12.8. The highest BCUT2D eigenvalue weighted by atomic mass is 32.1. The Morgan fingerprint density at radius 3 is 3.06 bits per heavy atom. The molecule has 1 aromatic heterocycles. The molecular weight excluding hydrogens is 226 g/mol. The molecule has 1 saturated heterocycles. The fraction of sp³-hybridized carbons (Fsp3) is 0.667. The average molecular weight is 241 g/mol. The molecule has 2 rings (SSSR count). The van der Waals surface area contributed by atoms with Crippen molar-refractivity contribution in [2.24, 2.45) is 11.7 Å². The third kappa shape index (κ3) is 2.48. The quantitative estimate of drug-likeness (QED) is 0.768. The van der Waals surface area contributed by atoms with Crippen LogP contribution in [0.3, 0.4) is 0 Å². The Morgan fingerprint density at radius 2 is 2.50 bits per heavy atom. The van der Waals surface area contributed by atoms with Crippen molar-refractivity contribution in [3.63, 3.8) is 0 Å². The summed E-state index contributed by atoms with van der Waals surface area (Å²) in [6.07, 6.45) is 0.854. The summed E-state index contributed by atoms with van der Waals surface area (Å²) >= 11 is 1.54. The number of rotatable bonds is 4. The van der Waals surface area contributed by atoms with E-state index < -0.39 is 0 Å². The zero-order chi connectivity index (χ0) is 11.5. The second kappa shape index (κ2) is 4.75. The lowest BCUT2D eigenvalue weighted by Gasteiger charge is -2.12. The molecule has 88 valence electrons. The van der Waals surface area contributed by atoms with E-state index in [9.17, 15) is 4.79 Å². The normalized spacial score (nSPS) is 21.2. The molecule has 6 nitrogen and oxygen atoms in total. The van der Waals surface area contributed by atoms with E-state index in [0.717, 1.165) is 36.2 Å². The van der Waals surface area contributed by atoms with Gasteiger partial charge in [-0.3, -0.25) is 9.69 Å². The number of hydrogen-bond acceptors (Lipinski definition) is 6. The minimum absolute atomic E-state index is 0.00306. The van der Waals surface area contributed by atoms with Crippen LogP contribution in [0.4, 0.5) is 5.13 Å². The van der Waals surface area contributed by atoms with Crippen molar-refractivity contribution in [3.05, 3.63) is 5.01 Å². The molecular formula is C9H15N5OS. The van der Waals surface area contributed by atoms with Gasteiger partial charge in [0, 0.05) is 13.6 Å². The van der Waals surface area contributed by atoms with Gasteiger partial charge >= 0.3 is 0 Å². The van der Waals surface area contributed by atoms with Crippen LogP contribution in [0, 0.1) is 5.92 Å². The van der Waals surface area contributed by atoms with Gasteiger partial charge in [-0.25, -0.2) is 0 Å². The molecule has 1 amide bonds. The van der Waals surface area contributed by atoms with Crippen LogP contribution in [-0.2, 0) is 11.3 Å². The molecule has 3 N–H and O–H groups in total. The van der Waals surface area contributed by atoms with Crippen LogP contribution in [-0.4, -0.2) is 41.1 Å². The van der Waals surface area contributed by atoms with Crippen molar-refractivity contribution in [1.82, 2.24) is 15.1 Å². The number of aromatic nitrogens is 2. The van der Waals surface area contributed by atoms with Gasteiger partial charge in [0.2, 0.25) is 11.0 Å². The van der Waals surface area contributed by atoms with E-state index in [1.165, 1.54) is 11.3 Å². The predicted molar refractivity (Wildman–Crippen MR) is 62.0 cm³/mol. The monoisotopic (exact) mass is 241 g/mol. The van der Waals surface area contributed by atoms with Crippen LogP contribution in [0.1, 0.15) is 11.4 Å². The number of likely N-dealkylation sites (tertiary alicyclic amines) is 1. The first-order valence-corrected chi connectivity index (χ1v) is 6.02. The van der Waals surface area contributed by atoms with Gasteiger partial charge in [-0.1, -0.05) is 11.3 Å². The highest BCUT2D eigenvalue weighted by molar-refractivity contribution is 7.15. The van der Waals surface area contributed by atoms with Crippen molar-refractivity contribution in [2.45, 2.75) is 13.0 Å². The maximum atomic E-state index is 11.0. The van der Waals surface area contributed by atoms with Crippen LogP contribution in [0.2, 0.25) is 0 Å². The van der Waals surface area contributed by atoms with Gasteiger partial charge < -0.3 is 11.1 Å². The molecule has 7 heteroatoms. The van der Waals surface area contributed by atoms with Crippen molar-refractivity contribution in [2.75, 3.05) is 25.5 Å². The van der Waals surface area contributed by atoms with Gasteiger partial charge in [0.25, 0.3) is 0 Å². The van der Waals surface area contributed by atoms with Gasteiger partial charge in [0.05, 0.1) is 12.5 Å². The Labute approximate surface area is 97.8 Å². The fourth-order valence-electron chi connectivity index (χ4n) is 1.82. The largest absolute Gasteiger partial charge is 0.369 e. The molecule has 1 atom stereocenters. The van der Waals surface area contributed by atoms with Gasteiger partial charge in [-0.05, 0) is 13.0 Å². The summed E-state index contributed by atoms with van der Waals surface area (Å²) in [6.45, 7) is 2.40. The number of nitrogens with two attached hydrogens (primary N) is 1. The Bertz CT molecular complexity index is 380. The summed E-state index contributed by atoms with van der Waals surface area (Å²) in [6, 6.07) is 0. The lowest BCUT2D eigenvalue weighted by molar-refractivity contribution is -0.121. The molecule has 1 aromatic rings. The lowest BCUT2D eigenvalue weighted by atomic mass is 10.1. The third-order valence-corrected chi connectivity index (χ3v) is 3.64. The molecule has 2 heterocycles. The van der Waals surface area contributed by atoms with Gasteiger partial charge in [-0.2, -0.15) is 0 Å². The fourth-order valence-corrected chi connectivity index (χ4v) is 2.55. The number of carbonyl (C=O) groups excluding carboxylic acids is 1. The molecule has 0 saturated carbocycles. The molecule has 1 aliphatic rings. The van der Waals surface area contributed by atoms with Gasteiger partial charge in [0.15, 0.2) is 0 Å². The number of anilines is 1. The van der Waals surface area contributed by atoms with Crippen LogP contribution >= 0.6 is 11.3 Å². The van der Waals surface area contributed by atoms with E-state index >= 15 is 0 Å². The average Bonchev–Trinajstić information content (AvgIpc) is 2.87. The molecule has 1 fully saturated rings. The first-order chi connectivity index (χ1) is 7.69. The second-order valence-electron chi connectivity index (χ2n) is 3.87. The summed E-state index contributed by atoms with van der Waals surface area (Å²) < 4.78 is 0. The van der Waals surface area contributed by atoms with Crippen LogP contribution in [0.5, 0.6) is 0 Å². The van der Waals surface area contributed by atoms with E-state index in [4.69, 9.17) is 5.73 Å². The topological polar surface area (TPSA) is 84.1 Å². The minimum atomic E-state index is -0.198. The van der Waals surface area contributed by atoms with E-state index in [2.05, 4.69) is 20.4 Å². The first-order valence-electron chi connectivity index (χ1n) is 5.21. The maximum Gasteiger partial charge on any atom is 0.221 e. The smallest absolute Gasteiger partial charge is 0.221 e. The van der Waals surface area contributed by atoms with Crippen molar-refractivity contribution >= 4 is 22.4 Å². The van der Waals surface area contributed by atoms with Crippen molar-refractivity contribution < 1.29 is 4.79 Å². The van der Waals surface area contributed by atoms with Crippen LogP contribution in [0.15, 0.2) is 0 Å². The van der Waals surface area contributed by atoms with Crippen LogP contribution < -0.4 is 11.1 Å². The molecule has 16 heavy (non-hydrogen) atoms. The highest BCUT2D eigenvalue weighted by Gasteiger charge is 2.27. The van der Waals surface area contributed by atoms with Crippen LogP contribution in [0.25, 0.3) is 0 Å². The third-order valence-electron chi connectivity index (χ3n) is 2.71. The highest BCUT2D eigenvalue weighted by Crippen LogP contribution is 2.21. The molecule has 0 spiro atoms. The number of nitrogens with one attached hydrogen (secondary N) is 1. The molecule has 0 aliphatic carbocycles. The number of amides is 1. The maximum absolute atomic E-state index is 11.0. The lowest BCUT2D eigenvalue weighted by Crippen LogP contribution is -2.27. The van der Waals surface area contributed by atoms with Gasteiger partial charge in [-0.15, -0.1) is 10.2 Å². The Balaban J connectivity index is 1.89. The molecule has 1 aliphatic heterocycles. The summed E-state index contributed by atoms with van der Waals surface area (Å²) in [7, 11) is 1.82. The standard InChI is InChI=1S/C9H15N5OS/c1-11-9-13-12-7(16-9)5-14-3-2-6(4-14)8(10)15/h6H,2-5H2,1H3,(H2,10,15)(H,11,13). The first kappa shape index (κ1) is 11.3. The number of nitrogens with zero attached hydrogens (tertiary/aromatic N) is 3. The van der Waals surface area contributed by atoms with E-state index in [1.54, 1.807) is 0 Å². The zero-order valence-corrected chi connectivity index (χ0v) is 9.96. The Kier molecular flexibility index (Phi) is 3.35. The number of hydrogen-bond donors (Lipinski definition) is 2. The van der Waals surface area contributed by atoms with Gasteiger partial charge in [0.1, 0.15) is 5.01 Å². The van der Waals surface area contributed by atoms with E-state index in [1.807, 2.05) is 7.05 Å². The Morgan fingerprint density at radius 1 is 1.69 bits per heavy atom. The SMILES string of the molecule is CNc1nnc(CN2CCC(C(N)=O)C2)s1. The summed E-state index contributed by atoms with van der Waals surface area (Å²) in [5.74, 6) is -0.202. The summed E-state index contributed by atoms with van der Waals surface area (Å²) in [4.78, 5) is 13.2. The molecule has 0 radical (unpaired) electrons. The Hall–Kier alpha value is -1.21. The second-order valence-corrected chi connectivity index (χ2v) is 4.94. The molecule has 0 bridgehead atoms. The predicted octanol–water partition coefficient (Wildman–Crippen LogP) is -0.113. The number of carbonyl (C=O) groups is 1. The van der Waals surface area contributed by atoms with E-state index in [0.29, 0.717) is 0 Å². The van der Waals surface area contributed by atoms with E-state index in [-0.39, 0.29) is 11.8 Å². The molecule has 0 aromatic carbocycles. The minimum Gasteiger partial charge on any atom is -0.369 e. The van der Waals surface area contributed by atoms with Crippen molar-refractivity contribution in [1.29, 1.82) is 0 Å². The number of primary amides is 1.